The van der Waals surface area contributed by atoms with Gasteiger partial charge in [0.15, 0.2) is 0 Å². The van der Waals surface area contributed by atoms with E-state index in [9.17, 15) is 13.6 Å². The molecule has 2 aromatic carbocycles. The molecule has 0 bridgehead atoms. The van der Waals surface area contributed by atoms with Crippen LogP contribution in [0.1, 0.15) is 10.4 Å². The molecule has 0 atom stereocenters. The van der Waals surface area contributed by atoms with Gasteiger partial charge < -0.3 is 10.5 Å². The Labute approximate surface area is 102 Å². The number of nitrogens with two attached hydrogens (primary N) is 1. The molecule has 0 fully saturated rings. The van der Waals surface area contributed by atoms with Crippen molar-refractivity contribution >= 4 is 11.7 Å². The summed E-state index contributed by atoms with van der Waals surface area (Å²) in [6.07, 6.45) is 0. The molecule has 0 saturated heterocycles. The van der Waals surface area contributed by atoms with Gasteiger partial charge in [-0.3, -0.25) is 0 Å². The van der Waals surface area contributed by atoms with Crippen LogP contribution in [0.15, 0.2) is 42.5 Å². The fourth-order valence-electron chi connectivity index (χ4n) is 1.43. The SMILES string of the molecule is Nc1cccc(OC(=O)c2c(F)cccc2F)c1. The highest BCUT2D eigenvalue weighted by molar-refractivity contribution is 5.91. The summed E-state index contributed by atoms with van der Waals surface area (Å²) >= 11 is 0. The number of hydrogen-bond acceptors (Lipinski definition) is 3. The predicted molar refractivity (Wildman–Crippen MR) is 62.2 cm³/mol. The standard InChI is InChI=1S/C13H9F2NO2/c14-10-5-2-6-11(15)12(10)13(17)18-9-4-1-3-8(16)7-9/h1-7H,16H2. The predicted octanol–water partition coefficient (Wildman–Crippen LogP) is 2.77. The van der Waals surface area contributed by atoms with Crippen LogP contribution in [-0.4, -0.2) is 5.97 Å². The van der Waals surface area contributed by atoms with Gasteiger partial charge in [-0.1, -0.05) is 12.1 Å². The van der Waals surface area contributed by atoms with Crippen LogP contribution in [-0.2, 0) is 0 Å². The largest absolute Gasteiger partial charge is 0.423 e. The van der Waals surface area contributed by atoms with E-state index in [1.54, 1.807) is 12.1 Å². The second-order valence-corrected chi connectivity index (χ2v) is 3.56. The fourth-order valence-corrected chi connectivity index (χ4v) is 1.43. The normalized spacial score (nSPS) is 10.1. The van der Waals surface area contributed by atoms with Crippen LogP contribution in [0.25, 0.3) is 0 Å². The number of halogens is 2. The fraction of sp³-hybridized carbons (Fsp3) is 0. The molecule has 5 heteroatoms. The second kappa shape index (κ2) is 4.83. The molecule has 18 heavy (non-hydrogen) atoms. The number of carbonyl (C=O) groups is 1. The van der Waals surface area contributed by atoms with Gasteiger partial charge in [-0.15, -0.1) is 0 Å². The number of hydrogen-bond donors (Lipinski definition) is 1. The first kappa shape index (κ1) is 12.0. The van der Waals surface area contributed by atoms with E-state index in [1.165, 1.54) is 18.2 Å². The van der Waals surface area contributed by atoms with Crippen molar-refractivity contribution in [3.05, 3.63) is 59.7 Å². The average Bonchev–Trinajstić information content (AvgIpc) is 2.28. The van der Waals surface area contributed by atoms with Gasteiger partial charge in [-0.05, 0) is 24.3 Å². The number of nitrogen functional groups attached to an aromatic ring is 1. The Bertz CT molecular complexity index is 579. The minimum absolute atomic E-state index is 0.127. The third-order valence-electron chi connectivity index (χ3n) is 2.24. The molecule has 2 aromatic rings. The zero-order valence-corrected chi connectivity index (χ0v) is 9.19. The summed E-state index contributed by atoms with van der Waals surface area (Å²) in [5, 5.41) is 0. The minimum atomic E-state index is -1.10. The number of esters is 1. The van der Waals surface area contributed by atoms with Crippen LogP contribution in [0, 0.1) is 11.6 Å². The van der Waals surface area contributed by atoms with Crippen LogP contribution in [0.4, 0.5) is 14.5 Å². The van der Waals surface area contributed by atoms with E-state index >= 15 is 0 Å². The zero-order chi connectivity index (χ0) is 13.1. The smallest absolute Gasteiger partial charge is 0.349 e. The van der Waals surface area contributed by atoms with Gasteiger partial charge in [0, 0.05) is 11.8 Å². The summed E-state index contributed by atoms with van der Waals surface area (Å²) < 4.78 is 31.5. The van der Waals surface area contributed by atoms with Gasteiger partial charge in [-0.25, -0.2) is 13.6 Å². The second-order valence-electron chi connectivity index (χ2n) is 3.56. The van der Waals surface area contributed by atoms with Crippen molar-refractivity contribution < 1.29 is 18.3 Å². The quantitative estimate of drug-likeness (QED) is 0.506. The Morgan fingerprint density at radius 3 is 2.28 bits per heavy atom. The van der Waals surface area contributed by atoms with Crippen LogP contribution < -0.4 is 10.5 Å². The van der Waals surface area contributed by atoms with E-state index in [0.29, 0.717) is 5.69 Å². The van der Waals surface area contributed by atoms with E-state index in [0.717, 1.165) is 12.1 Å². The molecule has 0 amide bonds. The van der Waals surface area contributed by atoms with Gasteiger partial charge in [0.05, 0.1) is 0 Å². The first-order chi connectivity index (χ1) is 8.58. The summed E-state index contributed by atoms with van der Waals surface area (Å²) in [6.45, 7) is 0. The Hall–Kier alpha value is -2.43. The number of ether oxygens (including phenoxy) is 1. The lowest BCUT2D eigenvalue weighted by molar-refractivity contribution is 0.0725. The lowest BCUT2D eigenvalue weighted by Gasteiger charge is -2.06. The maximum absolute atomic E-state index is 13.3. The van der Waals surface area contributed by atoms with Crippen molar-refractivity contribution in [3.63, 3.8) is 0 Å². The van der Waals surface area contributed by atoms with Gasteiger partial charge in [0.25, 0.3) is 0 Å². The van der Waals surface area contributed by atoms with Crippen molar-refractivity contribution in [1.29, 1.82) is 0 Å². The molecule has 0 aromatic heterocycles. The Balaban J connectivity index is 2.28. The molecule has 3 nitrogen and oxygen atoms in total. The Morgan fingerprint density at radius 1 is 1.06 bits per heavy atom. The van der Waals surface area contributed by atoms with Crippen molar-refractivity contribution in [2.75, 3.05) is 5.73 Å². The summed E-state index contributed by atoms with van der Waals surface area (Å²) in [6, 6.07) is 9.15. The molecule has 0 aliphatic heterocycles. The number of carbonyl (C=O) groups excluding carboxylic acids is 1. The Kier molecular flexibility index (Phi) is 3.23. The van der Waals surface area contributed by atoms with Gasteiger partial charge in [0.2, 0.25) is 0 Å². The summed E-state index contributed by atoms with van der Waals surface area (Å²) in [4.78, 5) is 11.6. The first-order valence-electron chi connectivity index (χ1n) is 5.09. The zero-order valence-electron chi connectivity index (χ0n) is 9.19. The molecule has 0 unspecified atom stereocenters. The highest BCUT2D eigenvalue weighted by atomic mass is 19.1. The van der Waals surface area contributed by atoms with Crippen molar-refractivity contribution in [1.82, 2.24) is 0 Å². The Morgan fingerprint density at radius 2 is 1.67 bits per heavy atom. The maximum atomic E-state index is 13.3. The third kappa shape index (κ3) is 2.45. The van der Waals surface area contributed by atoms with Crippen LogP contribution >= 0.6 is 0 Å². The molecule has 92 valence electrons. The molecule has 0 radical (unpaired) electrons. The highest BCUT2D eigenvalue weighted by Gasteiger charge is 2.19. The molecule has 0 heterocycles. The lowest BCUT2D eigenvalue weighted by Crippen LogP contribution is -2.13. The highest BCUT2D eigenvalue weighted by Crippen LogP contribution is 2.18. The molecule has 0 aliphatic carbocycles. The summed E-state index contributed by atoms with van der Waals surface area (Å²) in [5.41, 5.74) is 5.15. The van der Waals surface area contributed by atoms with E-state index in [2.05, 4.69) is 0 Å². The van der Waals surface area contributed by atoms with Crippen LogP contribution in [0.3, 0.4) is 0 Å². The first-order valence-corrected chi connectivity index (χ1v) is 5.09. The third-order valence-corrected chi connectivity index (χ3v) is 2.24. The van der Waals surface area contributed by atoms with Crippen molar-refractivity contribution in [3.8, 4) is 5.75 Å². The molecule has 0 saturated carbocycles. The number of benzene rings is 2. The maximum Gasteiger partial charge on any atom is 0.349 e. The number of anilines is 1. The molecule has 2 N–H and O–H groups in total. The molecule has 0 spiro atoms. The van der Waals surface area contributed by atoms with Crippen molar-refractivity contribution in [2.24, 2.45) is 0 Å². The minimum Gasteiger partial charge on any atom is -0.423 e. The monoisotopic (exact) mass is 249 g/mol. The van der Waals surface area contributed by atoms with Crippen LogP contribution in [0.5, 0.6) is 5.75 Å². The molecule has 2 rings (SSSR count). The summed E-state index contributed by atoms with van der Waals surface area (Å²) in [7, 11) is 0. The van der Waals surface area contributed by atoms with Gasteiger partial charge in [0.1, 0.15) is 22.9 Å². The van der Waals surface area contributed by atoms with Gasteiger partial charge in [-0.2, -0.15) is 0 Å². The molecule has 0 aliphatic rings. The van der Waals surface area contributed by atoms with E-state index in [4.69, 9.17) is 10.5 Å². The van der Waals surface area contributed by atoms with Gasteiger partial charge >= 0.3 is 5.97 Å². The average molecular weight is 249 g/mol. The van der Waals surface area contributed by atoms with E-state index < -0.39 is 23.2 Å². The lowest BCUT2D eigenvalue weighted by atomic mass is 10.2. The topological polar surface area (TPSA) is 52.3 Å². The summed E-state index contributed by atoms with van der Waals surface area (Å²) in [5.74, 6) is -2.91. The molecular formula is C13H9F2NO2. The van der Waals surface area contributed by atoms with Crippen LogP contribution in [0.2, 0.25) is 0 Å². The molecular weight excluding hydrogens is 240 g/mol. The van der Waals surface area contributed by atoms with E-state index in [1.807, 2.05) is 0 Å². The van der Waals surface area contributed by atoms with Crippen molar-refractivity contribution in [2.45, 2.75) is 0 Å². The number of rotatable bonds is 2. The van der Waals surface area contributed by atoms with E-state index in [-0.39, 0.29) is 5.75 Å².